The summed E-state index contributed by atoms with van der Waals surface area (Å²) in [4.78, 5) is 0. The van der Waals surface area contributed by atoms with E-state index in [1.807, 2.05) is 25.1 Å². The van der Waals surface area contributed by atoms with Crippen molar-refractivity contribution in [2.75, 3.05) is 0 Å². The molecule has 0 aliphatic carbocycles. The molecule has 2 rings (SSSR count). The minimum atomic E-state index is -0.216. The lowest BCUT2D eigenvalue weighted by Gasteiger charge is -2.18. The third kappa shape index (κ3) is 2.95. The van der Waals surface area contributed by atoms with Crippen LogP contribution in [0.15, 0.2) is 36.4 Å². The van der Waals surface area contributed by atoms with Gasteiger partial charge in [-0.05, 0) is 48.2 Å². The molecule has 2 nitrogen and oxygen atoms in total. The monoisotopic (exact) mass is 278 g/mol. The summed E-state index contributed by atoms with van der Waals surface area (Å²) in [6, 6.07) is 10.5. The number of nitrogens with two attached hydrogens (primary N) is 1. The maximum atomic E-state index is 13.3. The Morgan fingerprint density at radius 1 is 1.05 bits per heavy atom. The predicted octanol–water partition coefficient (Wildman–Crippen LogP) is 3.65. The lowest BCUT2D eigenvalue weighted by molar-refractivity contribution is 0.607. The highest BCUT2D eigenvalue weighted by Gasteiger charge is 2.14. The molecule has 0 radical (unpaired) electrons. The van der Waals surface area contributed by atoms with E-state index in [9.17, 15) is 4.39 Å². The van der Waals surface area contributed by atoms with Crippen molar-refractivity contribution in [2.24, 2.45) is 5.84 Å². The van der Waals surface area contributed by atoms with Gasteiger partial charge in [0, 0.05) is 5.02 Å². The molecule has 100 valence electrons. The molecule has 1 unspecified atom stereocenters. The smallest absolute Gasteiger partial charge is 0.126 e. The molecular weight excluding hydrogens is 263 g/mol. The van der Waals surface area contributed by atoms with Gasteiger partial charge >= 0.3 is 0 Å². The molecule has 0 saturated carbocycles. The highest BCUT2D eigenvalue weighted by atomic mass is 35.5. The first-order chi connectivity index (χ1) is 9.02. The molecule has 0 saturated heterocycles. The molecule has 4 heteroatoms. The van der Waals surface area contributed by atoms with Crippen LogP contribution in [0.2, 0.25) is 5.02 Å². The van der Waals surface area contributed by atoms with Gasteiger partial charge in [0.05, 0.1) is 6.04 Å². The zero-order valence-corrected chi connectivity index (χ0v) is 11.6. The Labute approximate surface area is 117 Å². The van der Waals surface area contributed by atoms with Crippen LogP contribution in [0.3, 0.4) is 0 Å². The SMILES string of the molecule is Cc1cc(C(NN)c2ccc(Cl)c(C)c2)ccc1F. The number of benzene rings is 2. The van der Waals surface area contributed by atoms with E-state index in [0.29, 0.717) is 5.56 Å². The molecule has 2 aromatic carbocycles. The van der Waals surface area contributed by atoms with E-state index < -0.39 is 0 Å². The molecule has 0 aliphatic heterocycles. The second-order valence-electron chi connectivity index (χ2n) is 4.62. The average Bonchev–Trinajstić information content (AvgIpc) is 2.39. The van der Waals surface area contributed by atoms with Crippen LogP contribution in [0.1, 0.15) is 28.3 Å². The summed E-state index contributed by atoms with van der Waals surface area (Å²) < 4.78 is 13.3. The highest BCUT2D eigenvalue weighted by Crippen LogP contribution is 2.26. The third-order valence-corrected chi connectivity index (χ3v) is 3.62. The number of rotatable bonds is 3. The lowest BCUT2D eigenvalue weighted by Crippen LogP contribution is -2.29. The lowest BCUT2D eigenvalue weighted by atomic mass is 9.96. The van der Waals surface area contributed by atoms with Crippen molar-refractivity contribution in [3.05, 3.63) is 69.5 Å². The van der Waals surface area contributed by atoms with Crippen LogP contribution in [0.4, 0.5) is 4.39 Å². The molecule has 0 aliphatic rings. The summed E-state index contributed by atoms with van der Waals surface area (Å²) in [6.45, 7) is 3.68. The Hall–Kier alpha value is -1.42. The van der Waals surface area contributed by atoms with Gasteiger partial charge in [0.2, 0.25) is 0 Å². The number of hydrogen-bond acceptors (Lipinski definition) is 2. The Balaban J connectivity index is 2.43. The molecule has 3 N–H and O–H groups in total. The molecule has 0 bridgehead atoms. The standard InChI is InChI=1S/C15H16ClFN2/c1-9-7-11(3-5-13(9)16)15(19-18)12-4-6-14(17)10(2)8-12/h3-8,15,19H,18H2,1-2H3. The van der Waals surface area contributed by atoms with E-state index in [1.54, 1.807) is 19.1 Å². The largest absolute Gasteiger partial charge is 0.271 e. The zero-order valence-electron chi connectivity index (χ0n) is 10.9. The van der Waals surface area contributed by atoms with Gasteiger partial charge in [-0.2, -0.15) is 0 Å². The second kappa shape index (κ2) is 5.70. The molecular formula is C15H16ClFN2. The van der Waals surface area contributed by atoms with E-state index in [4.69, 9.17) is 17.4 Å². The van der Waals surface area contributed by atoms with Crippen molar-refractivity contribution in [3.63, 3.8) is 0 Å². The van der Waals surface area contributed by atoms with E-state index >= 15 is 0 Å². The fraction of sp³-hybridized carbons (Fsp3) is 0.200. The Morgan fingerprint density at radius 3 is 2.16 bits per heavy atom. The maximum Gasteiger partial charge on any atom is 0.126 e. The molecule has 19 heavy (non-hydrogen) atoms. The molecule has 0 spiro atoms. The normalized spacial score (nSPS) is 12.5. The maximum absolute atomic E-state index is 13.3. The van der Waals surface area contributed by atoms with Gasteiger partial charge < -0.3 is 0 Å². The van der Waals surface area contributed by atoms with Gasteiger partial charge in [-0.3, -0.25) is 5.84 Å². The molecule has 0 aromatic heterocycles. The summed E-state index contributed by atoms with van der Waals surface area (Å²) in [5.41, 5.74) is 6.26. The van der Waals surface area contributed by atoms with E-state index in [-0.39, 0.29) is 11.9 Å². The van der Waals surface area contributed by atoms with Crippen LogP contribution in [0.25, 0.3) is 0 Å². The van der Waals surface area contributed by atoms with Crippen LogP contribution in [0, 0.1) is 19.7 Å². The van der Waals surface area contributed by atoms with Gasteiger partial charge in [0.1, 0.15) is 5.82 Å². The Bertz CT molecular complexity index is 547. The first-order valence-corrected chi connectivity index (χ1v) is 6.39. The van der Waals surface area contributed by atoms with Crippen LogP contribution < -0.4 is 11.3 Å². The van der Waals surface area contributed by atoms with E-state index in [0.717, 1.165) is 21.7 Å². The van der Waals surface area contributed by atoms with Crippen molar-refractivity contribution >= 4 is 11.6 Å². The van der Waals surface area contributed by atoms with Crippen LogP contribution >= 0.6 is 11.6 Å². The summed E-state index contributed by atoms with van der Waals surface area (Å²) >= 11 is 6.02. The summed E-state index contributed by atoms with van der Waals surface area (Å²) in [5, 5.41) is 0.717. The third-order valence-electron chi connectivity index (χ3n) is 3.20. The highest BCUT2D eigenvalue weighted by molar-refractivity contribution is 6.31. The molecule has 0 fully saturated rings. The zero-order chi connectivity index (χ0) is 14.0. The fourth-order valence-electron chi connectivity index (χ4n) is 2.08. The summed E-state index contributed by atoms with van der Waals surface area (Å²) in [7, 11) is 0. The van der Waals surface area contributed by atoms with Gasteiger partial charge in [-0.25, -0.2) is 9.82 Å². The van der Waals surface area contributed by atoms with Gasteiger partial charge in [-0.1, -0.05) is 35.9 Å². The average molecular weight is 279 g/mol. The van der Waals surface area contributed by atoms with Crippen molar-refractivity contribution in [3.8, 4) is 0 Å². The fourth-order valence-corrected chi connectivity index (χ4v) is 2.20. The van der Waals surface area contributed by atoms with Crippen molar-refractivity contribution in [1.29, 1.82) is 0 Å². The minimum absolute atomic E-state index is 0.185. The number of nitrogens with one attached hydrogen (secondary N) is 1. The Morgan fingerprint density at radius 2 is 1.63 bits per heavy atom. The predicted molar refractivity (Wildman–Crippen MR) is 76.5 cm³/mol. The van der Waals surface area contributed by atoms with Gasteiger partial charge in [-0.15, -0.1) is 0 Å². The summed E-state index contributed by atoms with van der Waals surface area (Å²) in [6.07, 6.45) is 0. The number of halogens is 2. The number of hydrazine groups is 1. The molecule has 1 atom stereocenters. The van der Waals surface area contributed by atoms with Crippen LogP contribution in [-0.2, 0) is 0 Å². The minimum Gasteiger partial charge on any atom is -0.271 e. The first-order valence-electron chi connectivity index (χ1n) is 6.01. The van der Waals surface area contributed by atoms with E-state index in [1.165, 1.54) is 6.07 Å². The van der Waals surface area contributed by atoms with Crippen molar-refractivity contribution in [2.45, 2.75) is 19.9 Å². The molecule has 2 aromatic rings. The molecule has 0 heterocycles. The van der Waals surface area contributed by atoms with Crippen LogP contribution in [0.5, 0.6) is 0 Å². The van der Waals surface area contributed by atoms with Crippen LogP contribution in [-0.4, -0.2) is 0 Å². The quantitative estimate of drug-likeness (QED) is 0.664. The topological polar surface area (TPSA) is 38.0 Å². The van der Waals surface area contributed by atoms with Gasteiger partial charge in [0.25, 0.3) is 0 Å². The number of aryl methyl sites for hydroxylation is 2. The van der Waals surface area contributed by atoms with E-state index in [2.05, 4.69) is 5.43 Å². The molecule has 0 amide bonds. The first kappa shape index (κ1) is 14.0. The van der Waals surface area contributed by atoms with Crippen molar-refractivity contribution < 1.29 is 4.39 Å². The van der Waals surface area contributed by atoms with Crippen molar-refractivity contribution in [1.82, 2.24) is 5.43 Å². The second-order valence-corrected chi connectivity index (χ2v) is 5.02. The van der Waals surface area contributed by atoms with Gasteiger partial charge in [0.15, 0.2) is 0 Å². The Kier molecular flexibility index (Phi) is 4.20. The number of hydrogen-bond donors (Lipinski definition) is 2. The summed E-state index contributed by atoms with van der Waals surface area (Å²) in [5.74, 6) is 5.42.